The van der Waals surface area contributed by atoms with Gasteiger partial charge in [0, 0.05) is 6.42 Å². The van der Waals surface area contributed by atoms with Crippen LogP contribution >= 0.6 is 0 Å². The van der Waals surface area contributed by atoms with Crippen LogP contribution in [0.5, 0.6) is 0 Å². The van der Waals surface area contributed by atoms with Gasteiger partial charge in [-0.3, -0.25) is 4.79 Å². The van der Waals surface area contributed by atoms with E-state index in [1.165, 1.54) is 6.08 Å². The Morgan fingerprint density at radius 3 is 2.65 bits per heavy atom. The fourth-order valence-corrected chi connectivity index (χ4v) is 5.49. The van der Waals surface area contributed by atoms with Gasteiger partial charge in [-0.1, -0.05) is 67.3 Å². The van der Waals surface area contributed by atoms with Crippen molar-refractivity contribution in [3.8, 4) is 0 Å². The van der Waals surface area contributed by atoms with Gasteiger partial charge in [0.15, 0.2) is 5.78 Å². The Morgan fingerprint density at radius 1 is 0.973 bits per heavy atom. The number of fused-ring (bicyclic) bond motifs is 3. The van der Waals surface area contributed by atoms with Crippen molar-refractivity contribution < 1.29 is 33.2 Å². The van der Waals surface area contributed by atoms with E-state index in [1.54, 1.807) is 6.08 Å². The highest BCUT2D eigenvalue weighted by Crippen LogP contribution is 2.39. The summed E-state index contributed by atoms with van der Waals surface area (Å²) in [5.74, 6) is -0.172. The Kier molecular flexibility index (Phi) is 8.81. The third-order valence-corrected chi connectivity index (χ3v) is 7.33. The molecule has 0 aromatic heterocycles. The summed E-state index contributed by atoms with van der Waals surface area (Å²) < 4.78 is 38.4. The molecule has 0 amide bonds. The lowest BCUT2D eigenvalue weighted by Gasteiger charge is -2.50. The number of hydrogen-bond acceptors (Lipinski definition) is 7. The smallest absolute Gasteiger partial charge is 0.180 e. The van der Waals surface area contributed by atoms with Gasteiger partial charge in [-0.15, -0.1) is 6.58 Å². The average molecular weight is 509 g/mol. The number of carbonyl (C=O) groups excluding carboxylic acids is 1. The molecule has 1 aromatic rings. The van der Waals surface area contributed by atoms with Crippen molar-refractivity contribution in [3.63, 3.8) is 0 Å². The van der Waals surface area contributed by atoms with E-state index in [9.17, 15) is 4.79 Å². The molecule has 198 valence electrons. The normalized spacial score (nSPS) is 36.8. The second-order valence-electron chi connectivity index (χ2n) is 9.85. The fourth-order valence-electron chi connectivity index (χ4n) is 5.49. The zero-order chi connectivity index (χ0) is 25.6. The molecule has 0 N–H and O–H groups in total. The molecule has 2 saturated heterocycles. The first-order valence-electron chi connectivity index (χ1n) is 13.1. The summed E-state index contributed by atoms with van der Waals surface area (Å²) in [6, 6.07) is 10.1. The molecule has 0 unspecified atom stereocenters. The highest BCUT2D eigenvalue weighted by atomic mass is 16.6. The van der Waals surface area contributed by atoms with Crippen LogP contribution in [0, 0.1) is 0 Å². The van der Waals surface area contributed by atoms with Crippen LogP contribution < -0.4 is 0 Å². The Morgan fingerprint density at radius 2 is 1.84 bits per heavy atom. The SMILES string of the molecule is C=CC[C@H]1O[C@H]2C[C@H]3O[C@H]4CC=CCO[C@@H]4[C@@H](OCc4ccccc4)[C@@H]3O[C@@H]2C=C[C@@H]1OCC(=O)C=C. The van der Waals surface area contributed by atoms with E-state index in [-0.39, 0.29) is 61.2 Å². The van der Waals surface area contributed by atoms with Crippen molar-refractivity contribution in [2.45, 2.75) is 80.8 Å². The van der Waals surface area contributed by atoms with E-state index < -0.39 is 6.10 Å². The van der Waals surface area contributed by atoms with Gasteiger partial charge in [-0.2, -0.15) is 0 Å². The molecular weight excluding hydrogens is 472 g/mol. The maximum atomic E-state index is 11.8. The maximum Gasteiger partial charge on any atom is 0.180 e. The minimum atomic E-state index is -0.399. The van der Waals surface area contributed by atoms with Crippen LogP contribution in [-0.2, 0) is 39.8 Å². The monoisotopic (exact) mass is 508 g/mol. The summed E-state index contributed by atoms with van der Waals surface area (Å²) in [5, 5.41) is 0. The van der Waals surface area contributed by atoms with Gasteiger partial charge in [0.25, 0.3) is 0 Å². The Bertz CT molecular complexity index is 989. The minimum absolute atomic E-state index is 0.0519. The first kappa shape index (κ1) is 26.2. The zero-order valence-electron chi connectivity index (χ0n) is 21.1. The summed E-state index contributed by atoms with van der Waals surface area (Å²) in [6.07, 6.45) is 10.8. The second-order valence-corrected chi connectivity index (χ2v) is 9.85. The number of hydrogen-bond donors (Lipinski definition) is 0. The predicted octanol–water partition coefficient (Wildman–Crippen LogP) is 3.88. The van der Waals surface area contributed by atoms with E-state index in [0.29, 0.717) is 26.1 Å². The highest BCUT2D eigenvalue weighted by Gasteiger charge is 2.53. The summed E-state index contributed by atoms with van der Waals surface area (Å²) in [4.78, 5) is 11.8. The van der Waals surface area contributed by atoms with Crippen molar-refractivity contribution in [2.75, 3.05) is 13.2 Å². The van der Waals surface area contributed by atoms with Gasteiger partial charge in [-0.25, -0.2) is 0 Å². The quantitative estimate of drug-likeness (QED) is 0.370. The van der Waals surface area contributed by atoms with Crippen molar-refractivity contribution in [1.82, 2.24) is 0 Å². The van der Waals surface area contributed by atoms with Gasteiger partial charge < -0.3 is 28.4 Å². The molecule has 4 heterocycles. The first-order valence-corrected chi connectivity index (χ1v) is 13.1. The van der Waals surface area contributed by atoms with Gasteiger partial charge >= 0.3 is 0 Å². The molecule has 7 heteroatoms. The topological polar surface area (TPSA) is 72.5 Å². The summed E-state index contributed by atoms with van der Waals surface area (Å²) in [6.45, 7) is 8.33. The van der Waals surface area contributed by atoms with Gasteiger partial charge in [0.05, 0.1) is 37.6 Å². The standard InChI is InChI=1S/C30H36O7/c1-3-10-23-22(33-19-21(31)4-2)14-15-24-26(35-23)17-27-29(37-24)30(34-18-20-11-6-5-7-12-20)28-25(36-27)13-8-9-16-32-28/h3-9,11-12,14-15,22-30H,1-2,10,13,16-19H2/t22-,23+,24+,25-,26-,27+,28-,29+,30+/m0/s1. The van der Waals surface area contributed by atoms with Crippen LogP contribution in [0.4, 0.5) is 0 Å². The number of carbonyl (C=O) groups is 1. The third-order valence-electron chi connectivity index (χ3n) is 7.33. The minimum Gasteiger partial charge on any atom is -0.369 e. The molecule has 37 heavy (non-hydrogen) atoms. The molecule has 0 radical (unpaired) electrons. The zero-order valence-corrected chi connectivity index (χ0v) is 21.1. The van der Waals surface area contributed by atoms with E-state index in [2.05, 4.69) is 31.4 Å². The van der Waals surface area contributed by atoms with Crippen LogP contribution in [-0.4, -0.2) is 73.9 Å². The highest BCUT2D eigenvalue weighted by molar-refractivity contribution is 5.90. The Labute approximate surface area is 218 Å². The Hall–Kier alpha value is -2.39. The molecule has 5 rings (SSSR count). The molecule has 0 saturated carbocycles. The lowest BCUT2D eigenvalue weighted by molar-refractivity contribution is -0.295. The number of ketones is 1. The van der Waals surface area contributed by atoms with E-state index in [1.807, 2.05) is 36.4 Å². The molecule has 0 spiro atoms. The number of ether oxygens (including phenoxy) is 6. The van der Waals surface area contributed by atoms with Gasteiger partial charge in [0.2, 0.25) is 0 Å². The molecule has 7 nitrogen and oxygen atoms in total. The number of benzene rings is 1. The molecular formula is C30H36O7. The summed E-state index contributed by atoms with van der Waals surface area (Å²) >= 11 is 0. The average Bonchev–Trinajstić information content (AvgIpc) is 3.25. The summed E-state index contributed by atoms with van der Waals surface area (Å²) in [5.41, 5.74) is 1.10. The summed E-state index contributed by atoms with van der Waals surface area (Å²) in [7, 11) is 0. The van der Waals surface area contributed by atoms with Crippen LogP contribution in [0.1, 0.15) is 24.8 Å². The number of rotatable bonds is 9. The molecule has 9 atom stereocenters. The largest absolute Gasteiger partial charge is 0.369 e. The molecule has 0 aliphatic carbocycles. The van der Waals surface area contributed by atoms with Crippen LogP contribution in [0.15, 0.2) is 79.9 Å². The van der Waals surface area contributed by atoms with E-state index in [4.69, 9.17) is 28.4 Å². The van der Waals surface area contributed by atoms with Crippen molar-refractivity contribution >= 4 is 5.78 Å². The lowest BCUT2D eigenvalue weighted by Crippen LogP contribution is -2.64. The fraction of sp³-hybridized carbons (Fsp3) is 0.500. The molecule has 0 bridgehead atoms. The predicted molar refractivity (Wildman–Crippen MR) is 138 cm³/mol. The van der Waals surface area contributed by atoms with Gasteiger partial charge in [0.1, 0.15) is 37.1 Å². The Balaban J connectivity index is 1.35. The second kappa shape index (κ2) is 12.4. The van der Waals surface area contributed by atoms with Crippen LogP contribution in [0.25, 0.3) is 0 Å². The molecule has 2 fully saturated rings. The molecule has 4 aliphatic rings. The van der Waals surface area contributed by atoms with Gasteiger partial charge in [-0.05, 0) is 24.5 Å². The lowest BCUT2D eigenvalue weighted by atomic mass is 9.87. The van der Waals surface area contributed by atoms with Crippen molar-refractivity contribution in [3.05, 3.63) is 85.5 Å². The van der Waals surface area contributed by atoms with E-state index in [0.717, 1.165) is 12.0 Å². The molecule has 4 aliphatic heterocycles. The van der Waals surface area contributed by atoms with E-state index >= 15 is 0 Å². The third kappa shape index (κ3) is 6.20. The maximum absolute atomic E-state index is 11.8. The van der Waals surface area contributed by atoms with Crippen molar-refractivity contribution in [2.24, 2.45) is 0 Å². The van der Waals surface area contributed by atoms with Crippen LogP contribution in [0.2, 0.25) is 0 Å². The molecule has 1 aromatic carbocycles. The first-order chi connectivity index (χ1) is 18.2. The van der Waals surface area contributed by atoms with Crippen molar-refractivity contribution in [1.29, 1.82) is 0 Å². The van der Waals surface area contributed by atoms with Crippen LogP contribution in [0.3, 0.4) is 0 Å².